The van der Waals surface area contributed by atoms with Crippen molar-refractivity contribution in [1.29, 1.82) is 0 Å². The van der Waals surface area contributed by atoms with Gasteiger partial charge in [0.1, 0.15) is 12.4 Å². The van der Waals surface area contributed by atoms with Gasteiger partial charge in [0, 0.05) is 37.4 Å². The molecule has 182 valence electrons. The van der Waals surface area contributed by atoms with E-state index in [0.29, 0.717) is 36.8 Å². The summed E-state index contributed by atoms with van der Waals surface area (Å²) in [5.41, 5.74) is 3.16. The molecule has 1 aromatic carbocycles. The number of carbonyl (C=O) groups is 2. The van der Waals surface area contributed by atoms with Crippen LogP contribution in [0.4, 0.5) is 0 Å². The predicted molar refractivity (Wildman–Crippen MR) is 132 cm³/mol. The average molecular weight is 473 g/mol. The molecule has 0 unspecified atom stereocenters. The molecular weight excluding hydrogens is 440 g/mol. The third kappa shape index (κ3) is 4.28. The first-order valence-corrected chi connectivity index (χ1v) is 12.9. The molecule has 2 aromatic heterocycles. The van der Waals surface area contributed by atoms with Crippen molar-refractivity contribution in [3.05, 3.63) is 66.0 Å². The summed E-state index contributed by atoms with van der Waals surface area (Å²) in [7, 11) is 0. The van der Waals surface area contributed by atoms with Crippen LogP contribution >= 0.6 is 0 Å². The van der Waals surface area contributed by atoms with E-state index in [1.165, 1.54) is 11.1 Å². The summed E-state index contributed by atoms with van der Waals surface area (Å²) in [5.74, 6) is 1.48. The second-order valence-corrected chi connectivity index (χ2v) is 10.2. The van der Waals surface area contributed by atoms with Crippen LogP contribution < -0.4 is 4.74 Å². The number of carbonyl (C=O) groups excluding carboxylic acids is 2. The quantitative estimate of drug-likeness (QED) is 0.522. The monoisotopic (exact) mass is 472 g/mol. The van der Waals surface area contributed by atoms with Crippen LogP contribution in [0.3, 0.4) is 0 Å². The van der Waals surface area contributed by atoms with E-state index < -0.39 is 0 Å². The number of fused-ring (bicyclic) bond motifs is 3. The molecule has 6 rings (SSSR count). The Bertz CT molecular complexity index is 1220. The SMILES string of the molecule is O=C1CCCN1CCOc1ccccc1C(=O)N1[C@H]2CC[C@H]1CC(Cc1cccn3nccc13)C2. The van der Waals surface area contributed by atoms with Crippen LogP contribution in [0.1, 0.15) is 54.4 Å². The minimum absolute atomic E-state index is 0.0849. The van der Waals surface area contributed by atoms with E-state index in [4.69, 9.17) is 4.74 Å². The van der Waals surface area contributed by atoms with Crippen LogP contribution in [-0.4, -0.2) is 63.0 Å². The van der Waals surface area contributed by atoms with Gasteiger partial charge in [-0.1, -0.05) is 18.2 Å². The maximum Gasteiger partial charge on any atom is 0.258 e. The van der Waals surface area contributed by atoms with E-state index in [1.54, 1.807) is 0 Å². The lowest BCUT2D eigenvalue weighted by atomic mass is 9.85. The number of hydrogen-bond donors (Lipinski definition) is 0. The lowest BCUT2D eigenvalue weighted by Crippen LogP contribution is -2.47. The van der Waals surface area contributed by atoms with Gasteiger partial charge in [0.05, 0.1) is 17.6 Å². The van der Waals surface area contributed by atoms with Crippen molar-refractivity contribution < 1.29 is 14.3 Å². The number of likely N-dealkylation sites (tertiary alicyclic amines) is 1. The molecule has 0 aliphatic carbocycles. The van der Waals surface area contributed by atoms with Crippen LogP contribution in [0.2, 0.25) is 0 Å². The van der Waals surface area contributed by atoms with Crippen molar-refractivity contribution in [2.75, 3.05) is 19.7 Å². The Kier molecular flexibility index (Phi) is 5.92. The van der Waals surface area contributed by atoms with E-state index in [9.17, 15) is 9.59 Å². The number of hydrogen-bond acceptors (Lipinski definition) is 4. The first-order valence-electron chi connectivity index (χ1n) is 12.9. The number of nitrogens with zero attached hydrogens (tertiary/aromatic N) is 4. The second kappa shape index (κ2) is 9.36. The molecule has 7 nitrogen and oxygen atoms in total. The summed E-state index contributed by atoms with van der Waals surface area (Å²) in [5, 5.41) is 4.37. The highest BCUT2D eigenvalue weighted by atomic mass is 16.5. The molecule has 2 atom stereocenters. The van der Waals surface area contributed by atoms with E-state index in [0.717, 1.165) is 45.1 Å². The van der Waals surface area contributed by atoms with Crippen molar-refractivity contribution in [3.8, 4) is 5.75 Å². The maximum absolute atomic E-state index is 13.7. The fourth-order valence-electron chi connectivity index (χ4n) is 6.40. The van der Waals surface area contributed by atoms with Gasteiger partial charge in [-0.3, -0.25) is 9.59 Å². The highest BCUT2D eigenvalue weighted by molar-refractivity contribution is 5.97. The fraction of sp³-hybridized carbons (Fsp3) is 0.464. The van der Waals surface area contributed by atoms with Crippen LogP contribution in [0.15, 0.2) is 54.9 Å². The van der Waals surface area contributed by atoms with Crippen molar-refractivity contribution in [2.45, 2.75) is 57.0 Å². The zero-order valence-electron chi connectivity index (χ0n) is 20.0. The van der Waals surface area contributed by atoms with Crippen molar-refractivity contribution in [2.24, 2.45) is 5.92 Å². The molecule has 0 N–H and O–H groups in total. The summed E-state index contributed by atoms with van der Waals surface area (Å²) in [6.07, 6.45) is 10.6. The molecule has 3 aromatic rings. The molecule has 3 aliphatic heterocycles. The summed E-state index contributed by atoms with van der Waals surface area (Å²) >= 11 is 0. The van der Waals surface area contributed by atoms with Gasteiger partial charge < -0.3 is 14.5 Å². The molecule has 0 saturated carbocycles. The van der Waals surface area contributed by atoms with Crippen LogP contribution in [0.5, 0.6) is 5.75 Å². The summed E-state index contributed by atoms with van der Waals surface area (Å²) in [4.78, 5) is 29.6. The minimum atomic E-state index is 0.0849. The zero-order chi connectivity index (χ0) is 23.8. The summed E-state index contributed by atoms with van der Waals surface area (Å²) in [6, 6.07) is 14.5. The van der Waals surface area contributed by atoms with E-state index in [1.807, 2.05) is 46.1 Å². The molecule has 7 heteroatoms. The Morgan fingerprint density at radius 3 is 2.69 bits per heavy atom. The molecule has 3 fully saturated rings. The number of benzene rings is 1. The van der Waals surface area contributed by atoms with Crippen molar-refractivity contribution in [3.63, 3.8) is 0 Å². The van der Waals surface area contributed by atoms with Crippen molar-refractivity contribution >= 4 is 17.3 Å². The Hall–Kier alpha value is -3.35. The van der Waals surface area contributed by atoms with Gasteiger partial charge in [0.2, 0.25) is 5.91 Å². The highest BCUT2D eigenvalue weighted by Gasteiger charge is 2.43. The van der Waals surface area contributed by atoms with Gasteiger partial charge in [-0.25, -0.2) is 4.52 Å². The average Bonchev–Trinajstić information content (AvgIpc) is 3.58. The Labute approximate surface area is 205 Å². The minimum Gasteiger partial charge on any atom is -0.491 e. The molecule has 3 aliphatic rings. The van der Waals surface area contributed by atoms with Gasteiger partial charge in [-0.2, -0.15) is 5.10 Å². The normalized spacial score (nSPS) is 23.9. The van der Waals surface area contributed by atoms with E-state index in [2.05, 4.69) is 28.2 Å². The first-order chi connectivity index (χ1) is 17.2. The number of piperidine rings is 1. The molecule has 3 saturated heterocycles. The summed E-state index contributed by atoms with van der Waals surface area (Å²) in [6.45, 7) is 1.78. The van der Waals surface area contributed by atoms with Crippen molar-refractivity contribution in [1.82, 2.24) is 19.4 Å². The third-order valence-corrected chi connectivity index (χ3v) is 8.01. The van der Waals surface area contributed by atoms with E-state index >= 15 is 0 Å². The Morgan fingerprint density at radius 1 is 1.06 bits per heavy atom. The first kappa shape index (κ1) is 22.1. The summed E-state index contributed by atoms with van der Waals surface area (Å²) < 4.78 is 7.98. The molecule has 0 radical (unpaired) electrons. The largest absolute Gasteiger partial charge is 0.491 e. The smallest absolute Gasteiger partial charge is 0.258 e. The number of pyridine rings is 1. The highest BCUT2D eigenvalue weighted by Crippen LogP contribution is 2.41. The lowest BCUT2D eigenvalue weighted by Gasteiger charge is -2.39. The van der Waals surface area contributed by atoms with Gasteiger partial charge in [0.25, 0.3) is 5.91 Å². The Morgan fingerprint density at radius 2 is 1.89 bits per heavy atom. The van der Waals surface area contributed by atoms with E-state index in [-0.39, 0.29) is 23.9 Å². The fourth-order valence-corrected chi connectivity index (χ4v) is 6.40. The van der Waals surface area contributed by atoms with Gasteiger partial charge in [-0.05, 0) is 74.3 Å². The molecule has 2 bridgehead atoms. The predicted octanol–water partition coefficient (Wildman–Crippen LogP) is 3.96. The van der Waals surface area contributed by atoms with Gasteiger partial charge in [0.15, 0.2) is 0 Å². The topological polar surface area (TPSA) is 67.2 Å². The number of ether oxygens (including phenoxy) is 1. The molecule has 35 heavy (non-hydrogen) atoms. The Balaban J connectivity index is 1.13. The van der Waals surface area contributed by atoms with Crippen LogP contribution in [-0.2, 0) is 11.2 Å². The van der Waals surface area contributed by atoms with Gasteiger partial charge in [-0.15, -0.1) is 0 Å². The lowest BCUT2D eigenvalue weighted by molar-refractivity contribution is -0.128. The standard InChI is InChI=1S/C28H32N4O3/c33-27-8-4-13-30(27)15-16-35-26-7-2-1-6-24(26)28(34)32-22-9-10-23(32)19-20(18-22)17-21-5-3-14-31-25(21)11-12-29-31/h1-3,5-7,11-12,14,20,22-23H,4,8-10,13,15-19H2/t22-,23-/m0/s1. The molecule has 5 heterocycles. The number of rotatable bonds is 7. The molecular formula is C28H32N4O3. The molecule has 0 spiro atoms. The number of aromatic nitrogens is 2. The zero-order valence-corrected chi connectivity index (χ0v) is 20.0. The maximum atomic E-state index is 13.7. The second-order valence-electron chi connectivity index (χ2n) is 10.2. The third-order valence-electron chi connectivity index (χ3n) is 8.01. The van der Waals surface area contributed by atoms with Gasteiger partial charge >= 0.3 is 0 Å². The number of amides is 2. The van der Waals surface area contributed by atoms with Crippen LogP contribution in [0, 0.1) is 5.92 Å². The van der Waals surface area contributed by atoms with Crippen LogP contribution in [0.25, 0.3) is 5.52 Å². The number of para-hydroxylation sites is 1. The molecule has 2 amide bonds.